The van der Waals surface area contributed by atoms with E-state index >= 15 is 0 Å². The van der Waals surface area contributed by atoms with E-state index in [-0.39, 0.29) is 10.3 Å². The van der Waals surface area contributed by atoms with E-state index in [1.807, 2.05) is 0 Å². The number of aliphatic hydroxyl groups is 3. The maximum Gasteiger partial charge on any atom is 0.471 e. The predicted octanol–water partition coefficient (Wildman–Crippen LogP) is -1.30. The summed E-state index contributed by atoms with van der Waals surface area (Å²) in [6.45, 7) is -1.35. The Morgan fingerprint density at radius 1 is 1.40 bits per heavy atom. The Morgan fingerprint density at radius 2 is 2.04 bits per heavy atom. The van der Waals surface area contributed by atoms with E-state index in [1.165, 1.54) is 5.32 Å². The number of nitrogens with zero attached hydrogens (tertiary/aromatic N) is 1. The van der Waals surface area contributed by atoms with Gasteiger partial charge in [0.05, 0.1) is 12.2 Å². The van der Waals surface area contributed by atoms with Gasteiger partial charge < -0.3 is 25.4 Å². The summed E-state index contributed by atoms with van der Waals surface area (Å²) in [5.41, 5.74) is -1.13. The molecule has 0 bridgehead atoms. The second kappa shape index (κ2) is 7.21. The van der Waals surface area contributed by atoms with Crippen LogP contribution in [0.3, 0.4) is 0 Å². The van der Waals surface area contributed by atoms with Gasteiger partial charge in [-0.3, -0.25) is 19.1 Å². The molecule has 0 radical (unpaired) electrons. The summed E-state index contributed by atoms with van der Waals surface area (Å²) in [6.07, 6.45) is -9.44. The molecule has 9 nitrogen and oxygen atoms in total. The van der Waals surface area contributed by atoms with E-state index in [9.17, 15) is 33.0 Å². The van der Waals surface area contributed by atoms with Gasteiger partial charge in [0, 0.05) is 12.7 Å². The molecule has 0 aromatic carbocycles. The molecule has 4 atom stereocenters. The third kappa shape index (κ3) is 4.07. The first-order valence-corrected chi connectivity index (χ1v) is 7.29. The van der Waals surface area contributed by atoms with Crippen molar-refractivity contribution in [3.05, 3.63) is 26.9 Å². The topological polar surface area (TPSA) is 137 Å². The van der Waals surface area contributed by atoms with Crippen molar-refractivity contribution in [2.75, 3.05) is 6.61 Å². The first kappa shape index (κ1) is 19.5. The molecule has 0 aliphatic carbocycles. The third-order valence-electron chi connectivity index (χ3n) is 3.53. The average molecular weight is 385 g/mol. The summed E-state index contributed by atoms with van der Waals surface area (Å²) in [6, 6.07) is 0. The standard InChI is InChI=1S/C12H14F3N3O6S/c13-12(14,15)10(23)16-1-4-2-18(11(25)17-8(4)22)9-7(21)6(20)5(3-19)24-9/h2,5-7,9,19-21H,1,3H2,(H,16,23)(H,17,22,25)/t5-,6?,7+,9-/m1/s1. The minimum Gasteiger partial charge on any atom is -0.394 e. The van der Waals surface area contributed by atoms with Crippen molar-refractivity contribution < 1.29 is 38.0 Å². The van der Waals surface area contributed by atoms with Crippen LogP contribution in [0.25, 0.3) is 0 Å². The molecule has 1 fully saturated rings. The Balaban J connectivity index is 2.28. The van der Waals surface area contributed by atoms with Crippen LogP contribution in [0, 0.1) is 4.77 Å². The predicted molar refractivity (Wildman–Crippen MR) is 76.8 cm³/mol. The van der Waals surface area contributed by atoms with Crippen molar-refractivity contribution >= 4 is 18.1 Å². The van der Waals surface area contributed by atoms with Gasteiger partial charge >= 0.3 is 12.1 Å². The summed E-state index contributed by atoms with van der Waals surface area (Å²) in [5.74, 6) is -2.23. The van der Waals surface area contributed by atoms with Gasteiger partial charge in [0.25, 0.3) is 5.56 Å². The lowest BCUT2D eigenvalue weighted by molar-refractivity contribution is -0.173. The number of ether oxygens (including phenoxy) is 1. The Labute approximate surface area is 142 Å². The number of amides is 1. The largest absolute Gasteiger partial charge is 0.471 e. The molecular weight excluding hydrogens is 371 g/mol. The van der Waals surface area contributed by atoms with Crippen LogP contribution in [0.2, 0.25) is 0 Å². The van der Waals surface area contributed by atoms with Crippen LogP contribution in [0.15, 0.2) is 11.0 Å². The van der Waals surface area contributed by atoms with E-state index < -0.39 is 55.3 Å². The van der Waals surface area contributed by atoms with Crippen molar-refractivity contribution in [3.63, 3.8) is 0 Å². The maximum absolute atomic E-state index is 12.2. The van der Waals surface area contributed by atoms with Gasteiger partial charge in [-0.15, -0.1) is 0 Å². The summed E-state index contributed by atoms with van der Waals surface area (Å²) in [4.78, 5) is 24.8. The Bertz CT molecular complexity index is 764. The molecule has 2 heterocycles. The summed E-state index contributed by atoms with van der Waals surface area (Å²) in [7, 11) is 0. The highest BCUT2D eigenvalue weighted by atomic mass is 32.1. The summed E-state index contributed by atoms with van der Waals surface area (Å²) in [5, 5.41) is 30.3. The van der Waals surface area contributed by atoms with Crippen molar-refractivity contribution in [1.82, 2.24) is 14.9 Å². The zero-order valence-electron chi connectivity index (χ0n) is 12.4. The highest BCUT2D eigenvalue weighted by molar-refractivity contribution is 7.71. The monoisotopic (exact) mass is 385 g/mol. The van der Waals surface area contributed by atoms with Crippen molar-refractivity contribution in [2.45, 2.75) is 37.3 Å². The molecule has 1 saturated heterocycles. The lowest BCUT2D eigenvalue weighted by Gasteiger charge is -2.19. The van der Waals surface area contributed by atoms with Crippen LogP contribution < -0.4 is 10.9 Å². The Hall–Kier alpha value is -1.80. The number of nitrogens with one attached hydrogen (secondary N) is 2. The molecule has 25 heavy (non-hydrogen) atoms. The number of carbonyl (C=O) groups is 1. The molecule has 1 aromatic heterocycles. The van der Waals surface area contributed by atoms with Crippen LogP contribution in [-0.4, -0.2) is 61.9 Å². The highest BCUT2D eigenvalue weighted by Crippen LogP contribution is 2.29. The van der Waals surface area contributed by atoms with Crippen LogP contribution in [-0.2, 0) is 16.1 Å². The first-order valence-electron chi connectivity index (χ1n) is 6.88. The van der Waals surface area contributed by atoms with Crippen LogP contribution in [0.5, 0.6) is 0 Å². The zero-order valence-corrected chi connectivity index (χ0v) is 13.2. The van der Waals surface area contributed by atoms with Crippen molar-refractivity contribution in [2.24, 2.45) is 0 Å². The van der Waals surface area contributed by atoms with E-state index in [0.29, 0.717) is 0 Å². The van der Waals surface area contributed by atoms with Gasteiger partial charge in [-0.05, 0) is 12.2 Å². The third-order valence-corrected chi connectivity index (χ3v) is 3.84. The SMILES string of the molecule is O=C(NCc1cn([C@@H]2O[C@H](CO)C(O)[C@@H]2O)c(=S)[nH]c1=O)C(F)(F)F. The number of aliphatic hydroxyl groups excluding tert-OH is 3. The van der Waals surface area contributed by atoms with Crippen molar-refractivity contribution in [3.8, 4) is 0 Å². The number of H-pyrrole nitrogens is 1. The number of carbonyl (C=O) groups excluding carboxylic acids is 1. The fourth-order valence-corrected chi connectivity index (χ4v) is 2.48. The van der Waals surface area contributed by atoms with Crippen molar-refractivity contribution in [1.29, 1.82) is 0 Å². The Morgan fingerprint density at radius 3 is 2.56 bits per heavy atom. The quantitative estimate of drug-likeness (QED) is 0.406. The minimum absolute atomic E-state index is 0.231. The van der Waals surface area contributed by atoms with E-state index in [0.717, 1.165) is 10.8 Å². The van der Waals surface area contributed by atoms with Gasteiger partial charge in [0.15, 0.2) is 11.0 Å². The van der Waals surface area contributed by atoms with Gasteiger partial charge in [0.1, 0.15) is 18.3 Å². The number of halogens is 3. The van der Waals surface area contributed by atoms with Crippen LogP contribution in [0.1, 0.15) is 11.8 Å². The molecule has 0 spiro atoms. The molecular formula is C12H14F3N3O6S. The Kier molecular flexibility index (Phi) is 5.63. The maximum atomic E-state index is 12.2. The van der Waals surface area contributed by atoms with E-state index in [4.69, 9.17) is 22.1 Å². The van der Waals surface area contributed by atoms with Gasteiger partial charge in [-0.2, -0.15) is 13.2 Å². The molecule has 2 rings (SSSR count). The molecule has 1 unspecified atom stereocenters. The van der Waals surface area contributed by atoms with Gasteiger partial charge in [-0.1, -0.05) is 0 Å². The molecule has 0 saturated carbocycles. The average Bonchev–Trinajstić information content (AvgIpc) is 2.81. The fraction of sp³-hybridized carbons (Fsp3) is 0.583. The molecule has 140 valence electrons. The molecule has 1 aliphatic rings. The molecule has 1 amide bonds. The second-order valence-electron chi connectivity index (χ2n) is 5.23. The zero-order chi connectivity index (χ0) is 18.9. The normalized spacial score (nSPS) is 26.6. The number of hydrogen-bond acceptors (Lipinski definition) is 7. The lowest BCUT2D eigenvalue weighted by atomic mass is 10.1. The van der Waals surface area contributed by atoms with E-state index in [2.05, 4.69) is 4.98 Å². The number of alkyl halides is 3. The fourth-order valence-electron chi connectivity index (χ4n) is 2.23. The molecule has 1 aromatic rings. The highest BCUT2D eigenvalue weighted by Gasteiger charge is 2.43. The first-order chi connectivity index (χ1) is 11.6. The molecule has 13 heteroatoms. The number of hydrogen-bond donors (Lipinski definition) is 5. The van der Waals surface area contributed by atoms with Gasteiger partial charge in [0.2, 0.25) is 0 Å². The summed E-state index contributed by atoms with van der Waals surface area (Å²) < 4.78 is 42.6. The minimum atomic E-state index is -5.11. The molecule has 1 aliphatic heterocycles. The lowest BCUT2D eigenvalue weighted by Crippen LogP contribution is -2.38. The van der Waals surface area contributed by atoms with Crippen LogP contribution in [0.4, 0.5) is 13.2 Å². The van der Waals surface area contributed by atoms with E-state index in [1.54, 1.807) is 0 Å². The summed E-state index contributed by atoms with van der Waals surface area (Å²) >= 11 is 4.90. The molecule has 5 N–H and O–H groups in total. The number of rotatable bonds is 4. The smallest absolute Gasteiger partial charge is 0.394 e. The number of aromatic nitrogens is 2. The number of aromatic amines is 1. The second-order valence-corrected chi connectivity index (χ2v) is 5.62. The van der Waals surface area contributed by atoms with Gasteiger partial charge in [-0.25, -0.2) is 0 Å². The van der Waals surface area contributed by atoms with Crippen LogP contribution >= 0.6 is 12.2 Å².